The van der Waals surface area contributed by atoms with Crippen LogP contribution < -0.4 is 11.1 Å². The van der Waals surface area contributed by atoms with E-state index >= 15 is 0 Å². The second-order valence-corrected chi connectivity index (χ2v) is 7.72. The summed E-state index contributed by atoms with van der Waals surface area (Å²) in [6, 6.07) is -0.752. The number of nitrogens with two attached hydrogens (primary N) is 1. The first-order chi connectivity index (χ1) is 12.5. The first-order valence-corrected chi connectivity index (χ1v) is 10.0. The smallest absolute Gasteiger partial charge is 0.326 e. The van der Waals surface area contributed by atoms with Crippen molar-refractivity contribution >= 4 is 23.6 Å². The molecule has 3 atom stereocenters. The van der Waals surface area contributed by atoms with Gasteiger partial charge in [0.1, 0.15) is 0 Å². The van der Waals surface area contributed by atoms with Crippen LogP contribution in [0.25, 0.3) is 0 Å². The van der Waals surface area contributed by atoms with E-state index in [-0.39, 0.29) is 18.1 Å². The summed E-state index contributed by atoms with van der Waals surface area (Å²) < 4.78 is 0. The van der Waals surface area contributed by atoms with Crippen LogP contribution in [0.3, 0.4) is 0 Å². The average Bonchev–Trinajstić information content (AvgIpc) is 2.63. The number of aliphatic imine (C=N–C) groups is 1. The molecule has 1 saturated heterocycles. The largest absolute Gasteiger partial charge is 0.331 e. The molecule has 7 nitrogen and oxygen atoms in total. The van der Waals surface area contributed by atoms with Crippen molar-refractivity contribution < 1.29 is 14.4 Å². The first-order valence-electron chi connectivity index (χ1n) is 10.0. The molecule has 1 heterocycles. The van der Waals surface area contributed by atoms with Crippen LogP contribution in [0, 0.1) is 5.92 Å². The molecule has 2 saturated carbocycles. The first kappa shape index (κ1) is 19.0. The zero-order valence-corrected chi connectivity index (χ0v) is 15.6. The summed E-state index contributed by atoms with van der Waals surface area (Å²) in [6.45, 7) is 1.90. The predicted molar refractivity (Wildman–Crippen MR) is 98.7 cm³/mol. The Morgan fingerprint density at radius 2 is 1.73 bits per heavy atom. The van der Waals surface area contributed by atoms with Crippen molar-refractivity contribution in [1.82, 2.24) is 10.2 Å². The fraction of sp³-hybridized carbons (Fsp3) is 0.789. The number of hydrogen-bond donors (Lipinski definition) is 2. The molecular formula is C19H30N4O3. The van der Waals surface area contributed by atoms with E-state index < -0.39 is 23.8 Å². The van der Waals surface area contributed by atoms with Crippen molar-refractivity contribution in [2.45, 2.75) is 89.3 Å². The highest BCUT2D eigenvalue weighted by Crippen LogP contribution is 2.27. The highest BCUT2D eigenvalue weighted by molar-refractivity contribution is 6.27. The van der Waals surface area contributed by atoms with E-state index in [2.05, 4.69) is 5.32 Å². The topological polar surface area (TPSA) is 105 Å². The normalized spacial score (nSPS) is 31.9. The van der Waals surface area contributed by atoms with Gasteiger partial charge in [-0.1, -0.05) is 39.0 Å². The van der Waals surface area contributed by atoms with Crippen LogP contribution in [-0.4, -0.2) is 46.6 Å². The highest BCUT2D eigenvalue weighted by Gasteiger charge is 2.45. The second kappa shape index (κ2) is 8.29. The van der Waals surface area contributed by atoms with E-state index in [9.17, 15) is 14.4 Å². The van der Waals surface area contributed by atoms with Crippen LogP contribution in [0.5, 0.6) is 0 Å². The molecule has 0 aromatic rings. The minimum absolute atomic E-state index is 0.0249. The van der Waals surface area contributed by atoms with Crippen molar-refractivity contribution in [3.05, 3.63) is 0 Å². The molecule has 0 aromatic carbocycles. The molecule has 144 valence electrons. The van der Waals surface area contributed by atoms with Crippen molar-refractivity contribution in [2.75, 3.05) is 0 Å². The van der Waals surface area contributed by atoms with Crippen molar-refractivity contribution in [2.24, 2.45) is 16.6 Å². The van der Waals surface area contributed by atoms with E-state index in [1.807, 2.05) is 6.92 Å². The molecule has 7 heteroatoms. The molecule has 0 aromatic heterocycles. The van der Waals surface area contributed by atoms with Crippen LogP contribution in [0.15, 0.2) is 4.99 Å². The molecule has 3 fully saturated rings. The van der Waals surface area contributed by atoms with Gasteiger partial charge in [-0.25, -0.2) is 4.79 Å². The number of imide groups is 2. The Labute approximate surface area is 154 Å². The maximum atomic E-state index is 13.1. The van der Waals surface area contributed by atoms with Crippen LogP contribution >= 0.6 is 0 Å². The molecule has 1 aliphatic heterocycles. The zero-order chi connectivity index (χ0) is 18.7. The lowest BCUT2D eigenvalue weighted by molar-refractivity contribution is -0.141. The number of rotatable bonds is 4. The number of hydrogen-bond acceptors (Lipinski definition) is 5. The van der Waals surface area contributed by atoms with Gasteiger partial charge in [0, 0.05) is 17.8 Å². The third-order valence-corrected chi connectivity index (χ3v) is 5.94. The maximum Gasteiger partial charge on any atom is 0.331 e. The summed E-state index contributed by atoms with van der Waals surface area (Å²) in [5, 5.41) is 2.39. The molecule has 0 radical (unpaired) electrons. The zero-order valence-electron chi connectivity index (χ0n) is 15.6. The van der Waals surface area contributed by atoms with Gasteiger partial charge in [-0.05, 0) is 32.1 Å². The third-order valence-electron chi connectivity index (χ3n) is 5.94. The van der Waals surface area contributed by atoms with Crippen LogP contribution in [0.2, 0.25) is 0 Å². The molecule has 2 aliphatic carbocycles. The molecule has 3 rings (SSSR count). The Hall–Kier alpha value is -1.76. The number of carbonyl (C=O) groups excluding carboxylic acids is 3. The minimum Gasteiger partial charge on any atom is -0.326 e. The SMILES string of the molecule is CCC(=N[C@@H]1CCCC[C@H]1N)C1C(=O)NC(=O)N(C2CCCCC2)C1=O. The van der Waals surface area contributed by atoms with Crippen molar-refractivity contribution in [3.8, 4) is 0 Å². The quantitative estimate of drug-likeness (QED) is 0.590. The Balaban J connectivity index is 1.84. The van der Waals surface area contributed by atoms with Crippen LogP contribution in [0.4, 0.5) is 4.79 Å². The lowest BCUT2D eigenvalue weighted by Gasteiger charge is -2.38. The third kappa shape index (κ3) is 3.82. The number of nitrogens with zero attached hydrogens (tertiary/aromatic N) is 2. The van der Waals surface area contributed by atoms with Gasteiger partial charge in [-0.2, -0.15) is 0 Å². The summed E-state index contributed by atoms with van der Waals surface area (Å²) in [5.41, 5.74) is 6.75. The van der Waals surface area contributed by atoms with Gasteiger partial charge < -0.3 is 5.73 Å². The number of amides is 4. The number of urea groups is 1. The van der Waals surface area contributed by atoms with Gasteiger partial charge in [0.25, 0.3) is 0 Å². The van der Waals surface area contributed by atoms with E-state index in [0.29, 0.717) is 12.1 Å². The Morgan fingerprint density at radius 1 is 1.08 bits per heavy atom. The van der Waals surface area contributed by atoms with Gasteiger partial charge in [0.05, 0.1) is 6.04 Å². The van der Waals surface area contributed by atoms with Gasteiger partial charge in [0.2, 0.25) is 11.8 Å². The lowest BCUT2D eigenvalue weighted by Crippen LogP contribution is -2.62. The summed E-state index contributed by atoms with van der Waals surface area (Å²) in [7, 11) is 0. The van der Waals surface area contributed by atoms with Gasteiger partial charge in [-0.15, -0.1) is 0 Å². The van der Waals surface area contributed by atoms with Crippen LogP contribution in [0.1, 0.15) is 71.1 Å². The number of nitrogens with one attached hydrogen (secondary N) is 1. The van der Waals surface area contributed by atoms with E-state index in [4.69, 9.17) is 10.7 Å². The fourth-order valence-electron chi connectivity index (χ4n) is 4.45. The van der Waals surface area contributed by atoms with Gasteiger partial charge in [0.15, 0.2) is 5.92 Å². The standard InChI is InChI=1S/C19H30N4O3/c1-2-14(21-15-11-7-6-10-13(15)20)16-17(24)22-19(26)23(18(16)25)12-8-4-3-5-9-12/h12-13,15-16H,2-11,20H2,1H3,(H,22,24,26)/t13-,15-,16?/m1/s1. The molecule has 26 heavy (non-hydrogen) atoms. The van der Waals surface area contributed by atoms with Gasteiger partial charge in [-0.3, -0.25) is 24.8 Å². The minimum atomic E-state index is -0.992. The molecule has 3 N–H and O–H groups in total. The van der Waals surface area contributed by atoms with E-state index in [1.165, 1.54) is 4.90 Å². The molecule has 0 bridgehead atoms. The summed E-state index contributed by atoms with van der Waals surface area (Å²) in [6.07, 6.45) is 9.23. The fourth-order valence-corrected chi connectivity index (χ4v) is 4.45. The Morgan fingerprint density at radius 3 is 2.38 bits per heavy atom. The molecule has 0 spiro atoms. The second-order valence-electron chi connectivity index (χ2n) is 7.72. The number of barbiturate groups is 1. The number of carbonyl (C=O) groups is 3. The van der Waals surface area contributed by atoms with Crippen molar-refractivity contribution in [1.29, 1.82) is 0 Å². The summed E-state index contributed by atoms with van der Waals surface area (Å²) in [5.74, 6) is -1.94. The highest BCUT2D eigenvalue weighted by atomic mass is 16.2. The monoisotopic (exact) mass is 362 g/mol. The van der Waals surface area contributed by atoms with Gasteiger partial charge >= 0.3 is 6.03 Å². The summed E-state index contributed by atoms with van der Waals surface area (Å²) >= 11 is 0. The molecular weight excluding hydrogens is 332 g/mol. The summed E-state index contributed by atoms with van der Waals surface area (Å²) in [4.78, 5) is 43.9. The Bertz CT molecular complexity index is 598. The predicted octanol–water partition coefficient (Wildman–Crippen LogP) is 2.13. The lowest BCUT2D eigenvalue weighted by atomic mass is 9.89. The molecule has 1 unspecified atom stereocenters. The van der Waals surface area contributed by atoms with E-state index in [1.54, 1.807) is 0 Å². The van der Waals surface area contributed by atoms with Crippen LogP contribution in [-0.2, 0) is 9.59 Å². The maximum absolute atomic E-state index is 13.1. The average molecular weight is 362 g/mol. The van der Waals surface area contributed by atoms with Crippen molar-refractivity contribution in [3.63, 3.8) is 0 Å². The van der Waals surface area contributed by atoms with E-state index in [0.717, 1.165) is 57.8 Å². The Kier molecular flexibility index (Phi) is 6.06. The molecule has 4 amide bonds. The molecule has 3 aliphatic rings.